The maximum atomic E-state index is 11.9. The van der Waals surface area contributed by atoms with Crippen molar-refractivity contribution in [1.82, 2.24) is 10.6 Å². The predicted octanol–water partition coefficient (Wildman–Crippen LogP) is 0.575. The van der Waals surface area contributed by atoms with Gasteiger partial charge in [-0.2, -0.15) is 0 Å². The van der Waals surface area contributed by atoms with Crippen molar-refractivity contribution in [3.63, 3.8) is 0 Å². The summed E-state index contributed by atoms with van der Waals surface area (Å²) < 4.78 is 0. The van der Waals surface area contributed by atoms with Crippen LogP contribution >= 0.6 is 0 Å². The molecule has 0 aromatic heterocycles. The van der Waals surface area contributed by atoms with E-state index in [-0.39, 0.29) is 11.9 Å². The van der Waals surface area contributed by atoms with Gasteiger partial charge in [0, 0.05) is 24.8 Å². The summed E-state index contributed by atoms with van der Waals surface area (Å²) in [7, 11) is 0. The van der Waals surface area contributed by atoms with Gasteiger partial charge in [0.25, 0.3) is 0 Å². The molecule has 0 spiro atoms. The van der Waals surface area contributed by atoms with Crippen LogP contribution in [0.5, 0.6) is 0 Å². The number of piperazine rings is 1. The average Bonchev–Trinajstić information content (AvgIpc) is 2.31. The molecule has 4 nitrogen and oxygen atoms in total. The Labute approximate surface area is 95.4 Å². The first-order valence-electron chi connectivity index (χ1n) is 5.58. The Hall–Kier alpha value is -1.39. The monoisotopic (exact) mass is 219 g/mol. The molecule has 86 valence electrons. The first kappa shape index (κ1) is 11.1. The van der Waals surface area contributed by atoms with Gasteiger partial charge >= 0.3 is 0 Å². The van der Waals surface area contributed by atoms with Crippen LogP contribution in [0.2, 0.25) is 0 Å². The van der Waals surface area contributed by atoms with E-state index in [0.29, 0.717) is 12.6 Å². The number of hydrogen-bond donors (Lipinski definition) is 3. The van der Waals surface area contributed by atoms with Crippen molar-refractivity contribution in [3.05, 3.63) is 30.3 Å². The molecule has 2 atom stereocenters. The van der Waals surface area contributed by atoms with E-state index >= 15 is 0 Å². The Morgan fingerprint density at radius 2 is 2.00 bits per heavy atom. The molecule has 1 aliphatic rings. The number of carbonyl (C=O) groups excluding carboxylic acids is 1. The zero-order valence-electron chi connectivity index (χ0n) is 9.36. The van der Waals surface area contributed by atoms with Crippen LogP contribution < -0.4 is 16.0 Å². The minimum Gasteiger partial charge on any atom is -0.325 e. The van der Waals surface area contributed by atoms with Crippen molar-refractivity contribution in [2.45, 2.75) is 19.0 Å². The van der Waals surface area contributed by atoms with Gasteiger partial charge in [-0.1, -0.05) is 18.2 Å². The molecular formula is C12H17N3O. The van der Waals surface area contributed by atoms with Crippen LogP contribution in [0.3, 0.4) is 0 Å². The van der Waals surface area contributed by atoms with E-state index < -0.39 is 0 Å². The van der Waals surface area contributed by atoms with Gasteiger partial charge < -0.3 is 16.0 Å². The minimum absolute atomic E-state index is 0.0191. The van der Waals surface area contributed by atoms with Crippen molar-refractivity contribution in [3.8, 4) is 0 Å². The maximum absolute atomic E-state index is 11.9. The fourth-order valence-electron chi connectivity index (χ4n) is 1.72. The van der Waals surface area contributed by atoms with Crippen LogP contribution in [-0.4, -0.2) is 31.1 Å². The molecule has 2 unspecified atom stereocenters. The highest BCUT2D eigenvalue weighted by Gasteiger charge is 2.22. The summed E-state index contributed by atoms with van der Waals surface area (Å²) in [6.45, 7) is 3.60. The molecule has 0 bridgehead atoms. The van der Waals surface area contributed by atoms with E-state index in [2.05, 4.69) is 22.9 Å². The molecule has 1 fully saturated rings. The molecule has 1 aliphatic heterocycles. The van der Waals surface area contributed by atoms with Crippen LogP contribution in [0.15, 0.2) is 30.3 Å². The lowest BCUT2D eigenvalue weighted by atomic mass is 10.1. The maximum Gasteiger partial charge on any atom is 0.242 e. The Morgan fingerprint density at radius 3 is 2.62 bits per heavy atom. The number of hydrogen-bond acceptors (Lipinski definition) is 3. The Bertz CT molecular complexity index is 345. The molecule has 1 aromatic carbocycles. The third-order valence-electron chi connectivity index (χ3n) is 2.70. The molecule has 0 aliphatic carbocycles. The zero-order valence-corrected chi connectivity index (χ0v) is 9.36. The highest BCUT2D eigenvalue weighted by atomic mass is 16.2. The standard InChI is InChI=1S/C12H17N3O/c1-9-7-14-11(8-13-9)12(16)15-10-5-3-2-4-6-10/h2-6,9,11,13-14H,7-8H2,1H3,(H,15,16). The molecule has 16 heavy (non-hydrogen) atoms. The fourth-order valence-corrected chi connectivity index (χ4v) is 1.72. The number of benzene rings is 1. The van der Waals surface area contributed by atoms with Crippen LogP contribution in [0.1, 0.15) is 6.92 Å². The number of rotatable bonds is 2. The second kappa shape index (κ2) is 5.09. The Kier molecular flexibility index (Phi) is 3.54. The number of amides is 1. The van der Waals surface area contributed by atoms with Gasteiger partial charge in [-0.3, -0.25) is 4.79 Å². The molecule has 1 heterocycles. The third kappa shape index (κ3) is 2.81. The number of nitrogens with one attached hydrogen (secondary N) is 3. The molecule has 4 heteroatoms. The first-order chi connectivity index (χ1) is 7.75. The van der Waals surface area contributed by atoms with Crippen LogP contribution in [0.4, 0.5) is 5.69 Å². The second-order valence-corrected chi connectivity index (χ2v) is 4.13. The summed E-state index contributed by atoms with van der Waals surface area (Å²) >= 11 is 0. The van der Waals surface area contributed by atoms with Crippen molar-refractivity contribution in [2.75, 3.05) is 18.4 Å². The third-order valence-corrected chi connectivity index (χ3v) is 2.70. The molecule has 3 N–H and O–H groups in total. The van der Waals surface area contributed by atoms with Crippen molar-refractivity contribution < 1.29 is 4.79 Å². The summed E-state index contributed by atoms with van der Waals surface area (Å²) in [6.07, 6.45) is 0. The van der Waals surface area contributed by atoms with Gasteiger partial charge in [0.1, 0.15) is 0 Å². The molecule has 1 amide bonds. The summed E-state index contributed by atoms with van der Waals surface area (Å²) in [5.41, 5.74) is 0.841. The van der Waals surface area contributed by atoms with Crippen molar-refractivity contribution in [2.24, 2.45) is 0 Å². The largest absolute Gasteiger partial charge is 0.325 e. The smallest absolute Gasteiger partial charge is 0.242 e. The van der Waals surface area contributed by atoms with Gasteiger partial charge in [0.15, 0.2) is 0 Å². The average molecular weight is 219 g/mol. The van der Waals surface area contributed by atoms with E-state index in [0.717, 1.165) is 12.2 Å². The zero-order chi connectivity index (χ0) is 11.4. The summed E-state index contributed by atoms with van der Waals surface area (Å²) in [6, 6.07) is 9.80. The van der Waals surface area contributed by atoms with Gasteiger partial charge in [0.05, 0.1) is 6.04 Å². The lowest BCUT2D eigenvalue weighted by molar-refractivity contribution is -0.118. The van der Waals surface area contributed by atoms with Gasteiger partial charge in [-0.05, 0) is 19.1 Å². The van der Waals surface area contributed by atoms with Crippen LogP contribution in [0, 0.1) is 0 Å². The topological polar surface area (TPSA) is 53.2 Å². The molecular weight excluding hydrogens is 202 g/mol. The van der Waals surface area contributed by atoms with E-state index in [1.807, 2.05) is 30.3 Å². The highest BCUT2D eigenvalue weighted by Crippen LogP contribution is 2.06. The predicted molar refractivity (Wildman–Crippen MR) is 64.3 cm³/mol. The normalized spacial score (nSPS) is 25.1. The lowest BCUT2D eigenvalue weighted by Gasteiger charge is -2.28. The van der Waals surface area contributed by atoms with E-state index in [4.69, 9.17) is 0 Å². The second-order valence-electron chi connectivity index (χ2n) is 4.13. The fraction of sp³-hybridized carbons (Fsp3) is 0.417. The van der Waals surface area contributed by atoms with Gasteiger partial charge in [-0.25, -0.2) is 0 Å². The van der Waals surface area contributed by atoms with E-state index in [1.54, 1.807) is 0 Å². The number of carbonyl (C=O) groups is 1. The molecule has 0 radical (unpaired) electrons. The summed E-state index contributed by atoms with van der Waals surface area (Å²) in [4.78, 5) is 11.9. The van der Waals surface area contributed by atoms with Crippen LogP contribution in [0.25, 0.3) is 0 Å². The molecule has 0 saturated carbocycles. The van der Waals surface area contributed by atoms with Gasteiger partial charge in [0.2, 0.25) is 5.91 Å². The first-order valence-corrected chi connectivity index (χ1v) is 5.58. The van der Waals surface area contributed by atoms with E-state index in [1.165, 1.54) is 0 Å². The number of para-hydroxylation sites is 1. The highest BCUT2D eigenvalue weighted by molar-refractivity contribution is 5.95. The van der Waals surface area contributed by atoms with Crippen LogP contribution in [-0.2, 0) is 4.79 Å². The lowest BCUT2D eigenvalue weighted by Crippen LogP contribution is -2.57. The summed E-state index contributed by atoms with van der Waals surface area (Å²) in [5.74, 6) is 0.0191. The summed E-state index contributed by atoms with van der Waals surface area (Å²) in [5, 5.41) is 9.37. The van der Waals surface area contributed by atoms with Crippen molar-refractivity contribution >= 4 is 11.6 Å². The van der Waals surface area contributed by atoms with Gasteiger partial charge in [-0.15, -0.1) is 0 Å². The Morgan fingerprint density at radius 1 is 1.25 bits per heavy atom. The molecule has 1 saturated heterocycles. The van der Waals surface area contributed by atoms with Crippen molar-refractivity contribution in [1.29, 1.82) is 0 Å². The SMILES string of the molecule is CC1CNC(C(=O)Nc2ccccc2)CN1. The molecule has 1 aromatic rings. The minimum atomic E-state index is -0.142. The molecule has 2 rings (SSSR count). The Balaban J connectivity index is 1.89. The van der Waals surface area contributed by atoms with E-state index in [9.17, 15) is 4.79 Å². The number of anilines is 1. The quantitative estimate of drug-likeness (QED) is 0.682.